The van der Waals surface area contributed by atoms with Crippen molar-refractivity contribution in [1.82, 2.24) is 10.3 Å². The van der Waals surface area contributed by atoms with Crippen LogP contribution in [0.1, 0.15) is 47.1 Å². The van der Waals surface area contributed by atoms with Gasteiger partial charge in [0, 0.05) is 5.39 Å². The fraction of sp³-hybridized carbons (Fsp3) is 0.217. The van der Waals surface area contributed by atoms with E-state index < -0.39 is 24.0 Å². The number of para-hydroxylation sites is 1. The van der Waals surface area contributed by atoms with Crippen LogP contribution in [-0.2, 0) is 16.0 Å². The Morgan fingerprint density at radius 1 is 1.19 bits per heavy atom. The minimum absolute atomic E-state index is 0.379. The summed E-state index contributed by atoms with van der Waals surface area (Å²) < 4.78 is 10.8. The zero-order valence-electron chi connectivity index (χ0n) is 16.9. The van der Waals surface area contributed by atoms with Crippen LogP contribution in [0.4, 0.5) is 4.79 Å². The number of rotatable bonds is 4. The van der Waals surface area contributed by atoms with Gasteiger partial charge in [-0.3, -0.25) is 10.1 Å². The molecule has 3 amide bonds. The van der Waals surface area contributed by atoms with Crippen molar-refractivity contribution >= 4 is 40.5 Å². The van der Waals surface area contributed by atoms with E-state index in [0.29, 0.717) is 28.6 Å². The maximum absolute atomic E-state index is 13.2. The Labute approximate surface area is 178 Å². The molecule has 0 radical (unpaired) electrons. The predicted molar refractivity (Wildman–Crippen MR) is 114 cm³/mol. The van der Waals surface area contributed by atoms with Crippen LogP contribution in [0.2, 0.25) is 0 Å². The fourth-order valence-corrected chi connectivity index (χ4v) is 3.75. The number of amides is 3. The lowest BCUT2D eigenvalue weighted by Gasteiger charge is -2.23. The Morgan fingerprint density at radius 3 is 2.74 bits per heavy atom. The monoisotopic (exact) mass is 419 g/mol. The molecule has 0 aliphatic heterocycles. The summed E-state index contributed by atoms with van der Waals surface area (Å²) in [6, 6.07) is 9.96. The Hall–Kier alpha value is -3.94. The third kappa shape index (κ3) is 4.18. The van der Waals surface area contributed by atoms with E-state index >= 15 is 0 Å². The number of esters is 1. The number of pyridine rings is 1. The number of benzene rings is 1. The summed E-state index contributed by atoms with van der Waals surface area (Å²) in [5.74, 6) is -0.730. The van der Waals surface area contributed by atoms with Crippen molar-refractivity contribution in [2.24, 2.45) is 5.73 Å². The number of ether oxygens (including phenoxy) is 1. The summed E-state index contributed by atoms with van der Waals surface area (Å²) in [5.41, 5.74) is 8.47. The average Bonchev–Trinajstić information content (AvgIpc) is 3.25. The number of carbonyl (C=O) groups is 3. The van der Waals surface area contributed by atoms with Crippen molar-refractivity contribution in [3.05, 3.63) is 65.2 Å². The maximum atomic E-state index is 13.2. The minimum Gasteiger partial charge on any atom is -0.465 e. The molecule has 8 nitrogen and oxygen atoms in total. The molecule has 1 aliphatic carbocycles. The van der Waals surface area contributed by atoms with Crippen LogP contribution in [-0.4, -0.2) is 29.0 Å². The van der Waals surface area contributed by atoms with Gasteiger partial charge in [-0.25, -0.2) is 14.6 Å². The Kier molecular flexibility index (Phi) is 5.53. The van der Waals surface area contributed by atoms with E-state index in [1.54, 1.807) is 12.3 Å². The third-order valence-electron chi connectivity index (χ3n) is 5.13. The molecule has 2 heterocycles. The molecule has 1 aromatic carbocycles. The van der Waals surface area contributed by atoms with Gasteiger partial charge in [0.15, 0.2) is 6.10 Å². The van der Waals surface area contributed by atoms with Crippen molar-refractivity contribution in [3.8, 4) is 0 Å². The molecular formula is C23H21N3O5. The molecule has 4 rings (SSSR count). The fourth-order valence-electron chi connectivity index (χ4n) is 3.75. The lowest BCUT2D eigenvalue weighted by Crippen LogP contribution is -2.42. The molecule has 3 aromatic rings. The van der Waals surface area contributed by atoms with Crippen molar-refractivity contribution in [2.45, 2.75) is 32.3 Å². The molecule has 0 unspecified atom stereocenters. The van der Waals surface area contributed by atoms with Gasteiger partial charge in [-0.15, -0.1) is 0 Å². The number of imide groups is 1. The Morgan fingerprint density at radius 2 is 2.00 bits per heavy atom. The van der Waals surface area contributed by atoms with Crippen molar-refractivity contribution in [1.29, 1.82) is 0 Å². The van der Waals surface area contributed by atoms with Crippen molar-refractivity contribution in [3.63, 3.8) is 0 Å². The number of primary amides is 1. The van der Waals surface area contributed by atoms with Crippen LogP contribution in [0.15, 0.2) is 47.1 Å². The molecule has 1 aliphatic rings. The molecule has 0 fully saturated rings. The van der Waals surface area contributed by atoms with E-state index in [-0.39, 0.29) is 0 Å². The number of fused-ring (bicyclic) bond motifs is 2. The van der Waals surface area contributed by atoms with Gasteiger partial charge in [-0.2, -0.15) is 0 Å². The first kappa shape index (κ1) is 20.3. The molecule has 158 valence electrons. The number of carbonyl (C=O) groups excluding carboxylic acids is 3. The largest absolute Gasteiger partial charge is 0.465 e. The third-order valence-corrected chi connectivity index (χ3v) is 5.13. The number of furan rings is 1. The van der Waals surface area contributed by atoms with Crippen LogP contribution >= 0.6 is 0 Å². The van der Waals surface area contributed by atoms with E-state index in [1.807, 2.05) is 41.7 Å². The first-order chi connectivity index (χ1) is 14.9. The van der Waals surface area contributed by atoms with Crippen molar-refractivity contribution < 1.29 is 23.5 Å². The summed E-state index contributed by atoms with van der Waals surface area (Å²) in [6.45, 7) is 1.38. The van der Waals surface area contributed by atoms with Crippen LogP contribution in [0, 0.1) is 0 Å². The highest BCUT2D eigenvalue weighted by atomic mass is 16.5. The van der Waals surface area contributed by atoms with E-state index in [2.05, 4.69) is 0 Å². The number of hydrogen-bond acceptors (Lipinski definition) is 6. The van der Waals surface area contributed by atoms with E-state index in [4.69, 9.17) is 19.9 Å². The Balaban J connectivity index is 1.79. The number of nitrogens with two attached hydrogens (primary N) is 1. The number of urea groups is 1. The van der Waals surface area contributed by atoms with Gasteiger partial charge in [-0.1, -0.05) is 18.2 Å². The van der Waals surface area contributed by atoms with E-state index in [9.17, 15) is 14.4 Å². The highest BCUT2D eigenvalue weighted by molar-refractivity contribution is 6.07. The quantitative estimate of drug-likeness (QED) is 0.624. The number of nitrogens with zero attached hydrogens (tertiary/aromatic N) is 1. The molecule has 0 saturated carbocycles. The lowest BCUT2D eigenvalue weighted by molar-refractivity contribution is -0.127. The summed E-state index contributed by atoms with van der Waals surface area (Å²) in [5, 5.41) is 2.57. The zero-order chi connectivity index (χ0) is 22.0. The first-order valence-electron chi connectivity index (χ1n) is 9.91. The number of allylic oxidation sites excluding steroid dienone is 1. The predicted octanol–water partition coefficient (Wildman–Crippen LogP) is 3.44. The normalized spacial score (nSPS) is 15.3. The van der Waals surface area contributed by atoms with E-state index in [0.717, 1.165) is 29.7 Å². The standard InChI is InChI=1S/C23H21N3O5/c1-13(21(27)26-23(24)29)31-22(28)19-16-8-2-3-10-18(16)25-20-14(6-4-9-17(19)20)12-15-7-5-11-30-15/h2-3,5,7-8,10-13H,4,6,9H2,1H3,(H3,24,26,27,29)/b14-12-/t13-/m0/s1. The molecular weight excluding hydrogens is 398 g/mol. The molecule has 8 heteroatoms. The van der Waals surface area contributed by atoms with Gasteiger partial charge >= 0.3 is 12.0 Å². The van der Waals surface area contributed by atoms with Crippen molar-refractivity contribution in [2.75, 3.05) is 0 Å². The van der Waals surface area contributed by atoms with Gasteiger partial charge in [0.05, 0.1) is 23.0 Å². The number of nitrogens with one attached hydrogen (secondary N) is 1. The molecule has 3 N–H and O–H groups in total. The van der Waals surface area contributed by atoms with Gasteiger partial charge in [0.25, 0.3) is 5.91 Å². The van der Waals surface area contributed by atoms with Crippen LogP contribution < -0.4 is 11.1 Å². The van der Waals surface area contributed by atoms with Crippen LogP contribution in [0.25, 0.3) is 22.6 Å². The minimum atomic E-state index is -1.19. The van der Waals surface area contributed by atoms with Crippen LogP contribution in [0.5, 0.6) is 0 Å². The topological polar surface area (TPSA) is 125 Å². The molecule has 0 bridgehead atoms. The van der Waals surface area contributed by atoms with Gasteiger partial charge in [-0.05, 0) is 61.6 Å². The number of hydrogen-bond donors (Lipinski definition) is 2. The summed E-state index contributed by atoms with van der Waals surface area (Å²) >= 11 is 0. The summed E-state index contributed by atoms with van der Waals surface area (Å²) in [6.07, 6.45) is 4.62. The van der Waals surface area contributed by atoms with Gasteiger partial charge in [0.2, 0.25) is 0 Å². The molecule has 2 aromatic heterocycles. The second-order valence-electron chi connectivity index (χ2n) is 7.27. The second-order valence-corrected chi connectivity index (χ2v) is 7.27. The molecule has 31 heavy (non-hydrogen) atoms. The maximum Gasteiger partial charge on any atom is 0.339 e. The SMILES string of the molecule is C[C@H](OC(=O)c1c2c(nc3ccccc13)/C(=C\c1ccco1)CCC2)C(=O)NC(N)=O. The lowest BCUT2D eigenvalue weighted by atomic mass is 9.86. The summed E-state index contributed by atoms with van der Waals surface area (Å²) in [4.78, 5) is 40.9. The highest BCUT2D eigenvalue weighted by Crippen LogP contribution is 2.36. The average molecular weight is 419 g/mol. The molecule has 1 atom stereocenters. The Bertz CT molecular complexity index is 1200. The molecule has 0 spiro atoms. The first-order valence-corrected chi connectivity index (χ1v) is 9.91. The van der Waals surface area contributed by atoms with E-state index in [1.165, 1.54) is 6.92 Å². The zero-order valence-corrected chi connectivity index (χ0v) is 16.9. The van der Waals surface area contributed by atoms with Crippen LogP contribution in [0.3, 0.4) is 0 Å². The van der Waals surface area contributed by atoms with Gasteiger partial charge < -0.3 is 14.9 Å². The summed E-state index contributed by atoms with van der Waals surface area (Å²) in [7, 11) is 0. The second kappa shape index (κ2) is 8.43. The molecule has 0 saturated heterocycles. The number of aromatic nitrogens is 1. The highest BCUT2D eigenvalue weighted by Gasteiger charge is 2.28. The van der Waals surface area contributed by atoms with Gasteiger partial charge in [0.1, 0.15) is 5.76 Å². The smallest absolute Gasteiger partial charge is 0.339 e.